The van der Waals surface area contributed by atoms with Crippen molar-refractivity contribution in [2.75, 3.05) is 13.1 Å². The number of hydrogen-bond donors (Lipinski definition) is 0. The third-order valence-electron chi connectivity index (χ3n) is 5.85. The summed E-state index contributed by atoms with van der Waals surface area (Å²) in [4.78, 5) is 2.70. The molecule has 0 unspecified atom stereocenters. The predicted octanol–water partition coefficient (Wildman–Crippen LogP) is 3.50. The highest BCUT2D eigenvalue weighted by Gasteiger charge is 2.50. The van der Waals surface area contributed by atoms with Gasteiger partial charge >= 0.3 is 0 Å². The highest BCUT2D eigenvalue weighted by molar-refractivity contribution is 7.92. The Labute approximate surface area is 169 Å². The van der Waals surface area contributed by atoms with Crippen LogP contribution >= 0.6 is 11.6 Å². The molecule has 0 bridgehead atoms. The fourth-order valence-corrected chi connectivity index (χ4v) is 6.86. The van der Waals surface area contributed by atoms with Crippen molar-refractivity contribution in [1.29, 1.82) is 0 Å². The molecule has 1 saturated heterocycles. The first-order valence-corrected chi connectivity index (χ1v) is 11.2. The fraction of sp³-hybridized carbons (Fsp3) is 0.286. The summed E-state index contributed by atoms with van der Waals surface area (Å²) in [6.45, 7) is 1.92. The Balaban J connectivity index is 1.48. The molecule has 3 heterocycles. The van der Waals surface area contributed by atoms with Crippen LogP contribution in [0.4, 0.5) is 0 Å². The standard InChI is InChI=1S/C21H20ClN3O2S/c1-24-10-16(9-23-24)14-6-7-20-17(8-14)18-12-25(13-21(18)28(20,26)27)11-15-4-2-3-5-19(15)22/h2-10,18,21H,11-13H2,1H3/t18-,21+/m0/s1. The van der Waals surface area contributed by atoms with Crippen molar-refractivity contribution >= 4 is 21.4 Å². The summed E-state index contributed by atoms with van der Waals surface area (Å²) in [5.41, 5.74) is 3.98. The number of benzene rings is 2. The second-order valence-corrected chi connectivity index (χ2v) is 10.2. The van der Waals surface area contributed by atoms with Gasteiger partial charge in [0.2, 0.25) is 0 Å². The molecule has 0 saturated carbocycles. The molecule has 2 aromatic carbocycles. The van der Waals surface area contributed by atoms with Crippen LogP contribution in [-0.4, -0.2) is 41.4 Å². The molecule has 5 rings (SSSR count). The minimum atomic E-state index is -3.31. The van der Waals surface area contributed by atoms with Gasteiger partial charge in [-0.05, 0) is 34.9 Å². The first-order chi connectivity index (χ1) is 13.4. The van der Waals surface area contributed by atoms with E-state index in [1.807, 2.05) is 49.6 Å². The molecule has 0 aliphatic carbocycles. The van der Waals surface area contributed by atoms with Crippen LogP contribution in [-0.2, 0) is 23.4 Å². The minimum absolute atomic E-state index is 0.000825. The van der Waals surface area contributed by atoms with Crippen molar-refractivity contribution in [1.82, 2.24) is 14.7 Å². The minimum Gasteiger partial charge on any atom is -0.297 e. The number of aryl methyl sites for hydroxylation is 1. The van der Waals surface area contributed by atoms with Crippen LogP contribution in [0.3, 0.4) is 0 Å². The monoisotopic (exact) mass is 413 g/mol. The molecule has 2 aliphatic rings. The van der Waals surface area contributed by atoms with Gasteiger partial charge in [-0.2, -0.15) is 5.10 Å². The Morgan fingerprint density at radius 1 is 1.14 bits per heavy atom. The van der Waals surface area contributed by atoms with E-state index in [1.165, 1.54) is 0 Å². The van der Waals surface area contributed by atoms with Crippen LogP contribution in [0, 0.1) is 0 Å². The Kier molecular flexibility index (Phi) is 4.12. The van der Waals surface area contributed by atoms with Gasteiger partial charge in [-0.25, -0.2) is 8.42 Å². The van der Waals surface area contributed by atoms with E-state index >= 15 is 0 Å². The van der Waals surface area contributed by atoms with Crippen molar-refractivity contribution in [3.63, 3.8) is 0 Å². The van der Waals surface area contributed by atoms with Crippen LogP contribution in [0.5, 0.6) is 0 Å². The third kappa shape index (κ3) is 2.79. The average molecular weight is 414 g/mol. The smallest absolute Gasteiger partial charge is 0.183 e. The molecule has 7 heteroatoms. The highest BCUT2D eigenvalue weighted by Crippen LogP contribution is 2.46. The SMILES string of the molecule is Cn1cc(-c2ccc3c(c2)[C@@H]2CN(Cc4ccccc4Cl)C[C@H]2S3(=O)=O)cn1. The third-order valence-corrected chi connectivity index (χ3v) is 8.47. The van der Waals surface area contributed by atoms with Crippen molar-refractivity contribution in [3.05, 3.63) is 71.0 Å². The summed E-state index contributed by atoms with van der Waals surface area (Å²) in [6, 6.07) is 13.4. The van der Waals surface area contributed by atoms with E-state index in [4.69, 9.17) is 11.6 Å². The first kappa shape index (κ1) is 17.9. The van der Waals surface area contributed by atoms with Gasteiger partial charge in [0.25, 0.3) is 0 Å². The zero-order valence-electron chi connectivity index (χ0n) is 15.4. The maximum Gasteiger partial charge on any atom is 0.183 e. The molecule has 5 nitrogen and oxygen atoms in total. The van der Waals surface area contributed by atoms with Gasteiger partial charge in [0.15, 0.2) is 9.84 Å². The van der Waals surface area contributed by atoms with Gasteiger partial charge in [-0.1, -0.05) is 35.9 Å². The summed E-state index contributed by atoms with van der Waals surface area (Å²) < 4.78 is 28.0. The molecule has 0 radical (unpaired) electrons. The van der Waals surface area contributed by atoms with E-state index < -0.39 is 9.84 Å². The van der Waals surface area contributed by atoms with Gasteiger partial charge in [0.1, 0.15) is 0 Å². The van der Waals surface area contributed by atoms with Gasteiger partial charge in [-0.15, -0.1) is 0 Å². The molecule has 2 aliphatic heterocycles. The molecule has 144 valence electrons. The van der Waals surface area contributed by atoms with Crippen LogP contribution in [0.1, 0.15) is 17.0 Å². The van der Waals surface area contributed by atoms with Crippen LogP contribution in [0.25, 0.3) is 11.1 Å². The second kappa shape index (κ2) is 6.44. The Morgan fingerprint density at radius 3 is 2.71 bits per heavy atom. The number of nitrogens with zero attached hydrogens (tertiary/aromatic N) is 3. The van der Waals surface area contributed by atoms with E-state index in [2.05, 4.69) is 10.00 Å². The summed E-state index contributed by atoms with van der Waals surface area (Å²) >= 11 is 6.30. The maximum atomic E-state index is 13.1. The van der Waals surface area contributed by atoms with Gasteiger partial charge in [0, 0.05) is 49.4 Å². The van der Waals surface area contributed by atoms with Gasteiger partial charge in [-0.3, -0.25) is 9.58 Å². The molecule has 0 amide bonds. The Hall–Kier alpha value is -2.15. The molecule has 0 spiro atoms. The van der Waals surface area contributed by atoms with Crippen molar-refractivity contribution in [3.8, 4) is 11.1 Å². The predicted molar refractivity (Wildman–Crippen MR) is 109 cm³/mol. The van der Waals surface area contributed by atoms with Crippen molar-refractivity contribution < 1.29 is 8.42 Å². The molecule has 1 aromatic heterocycles. The van der Waals surface area contributed by atoms with E-state index in [-0.39, 0.29) is 11.2 Å². The lowest BCUT2D eigenvalue weighted by Crippen LogP contribution is -2.26. The van der Waals surface area contributed by atoms with Gasteiger partial charge in [0.05, 0.1) is 16.3 Å². The number of halogens is 1. The number of fused-ring (bicyclic) bond motifs is 3. The summed E-state index contributed by atoms with van der Waals surface area (Å²) in [5, 5.41) is 4.57. The van der Waals surface area contributed by atoms with E-state index in [0.717, 1.165) is 33.8 Å². The number of likely N-dealkylation sites (tertiary alicyclic amines) is 1. The van der Waals surface area contributed by atoms with E-state index in [0.29, 0.717) is 18.0 Å². The highest BCUT2D eigenvalue weighted by atomic mass is 35.5. The number of hydrogen-bond acceptors (Lipinski definition) is 4. The average Bonchev–Trinajstić information content (AvgIpc) is 3.34. The fourth-order valence-electron chi connectivity index (χ4n) is 4.47. The lowest BCUT2D eigenvalue weighted by Gasteiger charge is -2.18. The molecule has 1 fully saturated rings. The first-order valence-electron chi connectivity index (χ1n) is 9.26. The second-order valence-electron chi connectivity index (χ2n) is 7.63. The summed E-state index contributed by atoms with van der Waals surface area (Å²) in [6.07, 6.45) is 3.75. The molecule has 28 heavy (non-hydrogen) atoms. The molecule has 2 atom stereocenters. The molecular formula is C21H20ClN3O2S. The van der Waals surface area contributed by atoms with Crippen molar-refractivity contribution in [2.24, 2.45) is 7.05 Å². The molecule has 3 aromatic rings. The normalized spacial score (nSPS) is 22.9. The van der Waals surface area contributed by atoms with E-state index in [1.54, 1.807) is 16.9 Å². The lowest BCUT2D eigenvalue weighted by molar-refractivity contribution is 0.325. The summed E-state index contributed by atoms with van der Waals surface area (Å²) in [5.74, 6) is -0.000825. The molecular weight excluding hydrogens is 394 g/mol. The molecule has 0 N–H and O–H groups in total. The van der Waals surface area contributed by atoms with Gasteiger partial charge < -0.3 is 0 Å². The topological polar surface area (TPSA) is 55.2 Å². The number of sulfone groups is 1. The van der Waals surface area contributed by atoms with Crippen LogP contribution < -0.4 is 0 Å². The number of aromatic nitrogens is 2. The largest absolute Gasteiger partial charge is 0.297 e. The zero-order chi connectivity index (χ0) is 19.5. The van der Waals surface area contributed by atoms with Crippen LogP contribution in [0.15, 0.2) is 59.8 Å². The van der Waals surface area contributed by atoms with Crippen LogP contribution in [0.2, 0.25) is 5.02 Å². The maximum absolute atomic E-state index is 13.1. The lowest BCUT2D eigenvalue weighted by atomic mass is 9.95. The number of rotatable bonds is 3. The van der Waals surface area contributed by atoms with E-state index in [9.17, 15) is 8.42 Å². The Bertz CT molecular complexity index is 1170. The summed E-state index contributed by atoms with van der Waals surface area (Å²) in [7, 11) is -1.43. The zero-order valence-corrected chi connectivity index (χ0v) is 17.0. The Morgan fingerprint density at radius 2 is 1.96 bits per heavy atom. The quantitative estimate of drug-likeness (QED) is 0.659. The van der Waals surface area contributed by atoms with Crippen molar-refractivity contribution in [2.45, 2.75) is 22.6 Å².